The maximum atomic E-state index is 13.7. The van der Waals surface area contributed by atoms with Gasteiger partial charge in [-0.2, -0.15) is 0 Å². The van der Waals surface area contributed by atoms with Crippen molar-refractivity contribution < 1.29 is 4.79 Å². The van der Waals surface area contributed by atoms with Crippen molar-refractivity contribution in [2.45, 2.75) is 30.8 Å². The Morgan fingerprint density at radius 3 is 2.67 bits per heavy atom. The minimum absolute atomic E-state index is 0.0713. The van der Waals surface area contributed by atoms with Crippen LogP contribution in [-0.4, -0.2) is 21.2 Å². The van der Waals surface area contributed by atoms with E-state index in [1.807, 2.05) is 30.3 Å². The second-order valence-electron chi connectivity index (χ2n) is 7.73. The molecule has 0 saturated carbocycles. The molecule has 1 N–H and O–H groups in total. The molecule has 0 atom stereocenters. The second kappa shape index (κ2) is 9.50. The highest BCUT2D eigenvalue weighted by molar-refractivity contribution is 7.99. The normalized spacial score (nSPS) is 13.2. The summed E-state index contributed by atoms with van der Waals surface area (Å²) in [5.41, 5.74) is 2.38. The lowest BCUT2D eigenvalue weighted by molar-refractivity contribution is -0.113. The van der Waals surface area contributed by atoms with Crippen molar-refractivity contribution in [3.63, 3.8) is 0 Å². The molecular formula is C24H19Cl2N3O2S2. The van der Waals surface area contributed by atoms with Gasteiger partial charge in [0.15, 0.2) is 5.16 Å². The van der Waals surface area contributed by atoms with Gasteiger partial charge in [-0.05, 0) is 61.6 Å². The molecule has 5 rings (SSSR count). The van der Waals surface area contributed by atoms with Crippen LogP contribution >= 0.6 is 46.3 Å². The molecule has 0 fully saturated rings. The summed E-state index contributed by atoms with van der Waals surface area (Å²) in [5.74, 6) is -0.131. The molecule has 2 aromatic heterocycles. The van der Waals surface area contributed by atoms with E-state index in [0.29, 0.717) is 20.9 Å². The van der Waals surface area contributed by atoms with Crippen LogP contribution in [0.25, 0.3) is 15.9 Å². The number of thiophene rings is 1. The summed E-state index contributed by atoms with van der Waals surface area (Å²) in [6.45, 7) is 0. The lowest BCUT2D eigenvalue weighted by Crippen LogP contribution is -2.23. The summed E-state index contributed by atoms with van der Waals surface area (Å²) < 4.78 is 1.63. The van der Waals surface area contributed by atoms with E-state index in [2.05, 4.69) is 5.32 Å². The van der Waals surface area contributed by atoms with E-state index in [4.69, 9.17) is 28.2 Å². The molecule has 2 heterocycles. The molecule has 168 valence electrons. The number of nitrogens with one attached hydrogen (secondary N) is 1. The van der Waals surface area contributed by atoms with E-state index in [-0.39, 0.29) is 17.2 Å². The Morgan fingerprint density at radius 2 is 1.88 bits per heavy atom. The number of carbonyl (C=O) groups is 1. The van der Waals surface area contributed by atoms with Gasteiger partial charge in [0.05, 0.1) is 26.9 Å². The Morgan fingerprint density at radius 1 is 1.09 bits per heavy atom. The highest BCUT2D eigenvalue weighted by Crippen LogP contribution is 2.35. The molecule has 0 aliphatic heterocycles. The molecule has 9 heteroatoms. The number of fused-ring (bicyclic) bond motifs is 3. The predicted molar refractivity (Wildman–Crippen MR) is 138 cm³/mol. The van der Waals surface area contributed by atoms with E-state index in [1.54, 1.807) is 34.1 Å². The minimum atomic E-state index is -0.224. The maximum Gasteiger partial charge on any atom is 0.267 e. The molecule has 1 aliphatic rings. The third-order valence-electron chi connectivity index (χ3n) is 5.51. The fraction of sp³-hybridized carbons (Fsp3) is 0.208. The van der Waals surface area contributed by atoms with Crippen molar-refractivity contribution in [2.75, 3.05) is 11.1 Å². The molecule has 0 saturated heterocycles. The van der Waals surface area contributed by atoms with Crippen LogP contribution in [0.15, 0.2) is 58.5 Å². The number of hydrogen-bond donors (Lipinski definition) is 1. The van der Waals surface area contributed by atoms with E-state index in [0.717, 1.165) is 47.2 Å². The first-order valence-electron chi connectivity index (χ1n) is 10.5. The first kappa shape index (κ1) is 22.5. The number of carbonyl (C=O) groups excluding carboxylic acids is 1. The predicted octanol–water partition coefficient (Wildman–Crippen LogP) is 6.36. The molecule has 0 spiro atoms. The van der Waals surface area contributed by atoms with Crippen LogP contribution in [-0.2, 0) is 17.6 Å². The molecule has 1 aliphatic carbocycles. The van der Waals surface area contributed by atoms with Crippen molar-refractivity contribution >= 4 is 68.1 Å². The number of aryl methyl sites for hydroxylation is 2. The summed E-state index contributed by atoms with van der Waals surface area (Å²) in [6, 6.07) is 14.4. The lowest BCUT2D eigenvalue weighted by Gasteiger charge is -2.13. The number of rotatable bonds is 5. The summed E-state index contributed by atoms with van der Waals surface area (Å²) in [5, 5.41) is 4.83. The fourth-order valence-electron chi connectivity index (χ4n) is 3.99. The zero-order chi connectivity index (χ0) is 22.9. The number of para-hydroxylation sites is 1. The number of nitrogens with zero attached hydrogens (tertiary/aromatic N) is 2. The summed E-state index contributed by atoms with van der Waals surface area (Å²) in [6.07, 6.45) is 4.15. The standard InChI is InChI=1S/C24H19Cl2N3O2S2/c25-17-11-10-14(12-18(17)26)27-20(30)13-32-24-28-22-21(16-8-4-5-9-19(16)33-22)23(31)29(24)15-6-2-1-3-7-15/h1-3,6-7,10-12H,4-5,8-9,13H2,(H,27,30). The van der Waals surface area contributed by atoms with E-state index in [1.165, 1.54) is 16.6 Å². The topological polar surface area (TPSA) is 64.0 Å². The van der Waals surface area contributed by atoms with Gasteiger partial charge in [0.2, 0.25) is 5.91 Å². The lowest BCUT2D eigenvalue weighted by atomic mass is 9.97. The van der Waals surface area contributed by atoms with Crippen LogP contribution in [0.4, 0.5) is 5.69 Å². The average molecular weight is 516 g/mol. The maximum absolute atomic E-state index is 13.7. The highest BCUT2D eigenvalue weighted by Gasteiger charge is 2.23. The van der Waals surface area contributed by atoms with Gasteiger partial charge in [-0.1, -0.05) is 53.2 Å². The molecule has 33 heavy (non-hydrogen) atoms. The summed E-state index contributed by atoms with van der Waals surface area (Å²) in [7, 11) is 0. The first-order chi connectivity index (χ1) is 16.0. The van der Waals surface area contributed by atoms with E-state index in [9.17, 15) is 9.59 Å². The van der Waals surface area contributed by atoms with Crippen LogP contribution in [0, 0.1) is 0 Å². The van der Waals surface area contributed by atoms with Crippen molar-refractivity contribution in [1.29, 1.82) is 0 Å². The van der Waals surface area contributed by atoms with Crippen molar-refractivity contribution in [2.24, 2.45) is 0 Å². The van der Waals surface area contributed by atoms with Crippen LogP contribution in [0.2, 0.25) is 10.0 Å². The Hall–Kier alpha value is -2.32. The third-order valence-corrected chi connectivity index (χ3v) is 8.37. The molecule has 1 amide bonds. The number of hydrogen-bond acceptors (Lipinski definition) is 5. The molecule has 4 aromatic rings. The van der Waals surface area contributed by atoms with E-state index >= 15 is 0 Å². The van der Waals surface area contributed by atoms with Crippen LogP contribution in [0.5, 0.6) is 0 Å². The third kappa shape index (κ3) is 4.55. The van der Waals surface area contributed by atoms with Crippen LogP contribution < -0.4 is 10.9 Å². The number of halogens is 2. The molecule has 0 bridgehead atoms. The van der Waals surface area contributed by atoms with E-state index < -0.39 is 0 Å². The Labute approximate surface area is 208 Å². The van der Waals surface area contributed by atoms with Crippen LogP contribution in [0.3, 0.4) is 0 Å². The van der Waals surface area contributed by atoms with Crippen LogP contribution in [0.1, 0.15) is 23.3 Å². The van der Waals surface area contributed by atoms with Gasteiger partial charge in [0, 0.05) is 10.6 Å². The molecule has 2 aromatic carbocycles. The molecule has 0 radical (unpaired) electrons. The number of thioether (sulfide) groups is 1. The minimum Gasteiger partial charge on any atom is -0.325 e. The van der Waals surface area contributed by atoms with Gasteiger partial charge >= 0.3 is 0 Å². The molecule has 5 nitrogen and oxygen atoms in total. The first-order valence-corrected chi connectivity index (χ1v) is 13.1. The zero-order valence-corrected chi connectivity index (χ0v) is 20.6. The number of benzene rings is 2. The zero-order valence-electron chi connectivity index (χ0n) is 17.4. The quantitative estimate of drug-likeness (QED) is 0.248. The van der Waals surface area contributed by atoms with Gasteiger partial charge < -0.3 is 5.32 Å². The second-order valence-corrected chi connectivity index (χ2v) is 10.6. The van der Waals surface area contributed by atoms with Gasteiger partial charge in [-0.3, -0.25) is 14.2 Å². The number of anilines is 1. The number of aromatic nitrogens is 2. The van der Waals surface area contributed by atoms with Gasteiger partial charge in [0.25, 0.3) is 5.56 Å². The number of amides is 1. The van der Waals surface area contributed by atoms with Crippen molar-refractivity contribution in [1.82, 2.24) is 9.55 Å². The van der Waals surface area contributed by atoms with Gasteiger partial charge in [0.1, 0.15) is 4.83 Å². The summed E-state index contributed by atoms with van der Waals surface area (Å²) >= 11 is 14.8. The smallest absolute Gasteiger partial charge is 0.267 e. The van der Waals surface area contributed by atoms with Crippen molar-refractivity contribution in [3.05, 3.63) is 79.4 Å². The molecule has 0 unspecified atom stereocenters. The van der Waals surface area contributed by atoms with Gasteiger partial charge in [-0.25, -0.2) is 4.98 Å². The SMILES string of the molecule is O=C(CSc1nc2sc3c(c2c(=O)n1-c1ccccc1)CCCC3)Nc1ccc(Cl)c(Cl)c1. The fourth-order valence-corrected chi connectivity index (χ4v) is 6.40. The highest BCUT2D eigenvalue weighted by atomic mass is 35.5. The Balaban J connectivity index is 1.49. The average Bonchev–Trinajstić information content (AvgIpc) is 3.19. The Kier molecular flexibility index (Phi) is 6.47. The summed E-state index contributed by atoms with van der Waals surface area (Å²) in [4.78, 5) is 33.2. The molecular weight excluding hydrogens is 497 g/mol. The van der Waals surface area contributed by atoms with Gasteiger partial charge in [-0.15, -0.1) is 11.3 Å². The Bertz CT molecular complexity index is 1420. The largest absolute Gasteiger partial charge is 0.325 e. The monoisotopic (exact) mass is 515 g/mol. The van der Waals surface area contributed by atoms with Crippen molar-refractivity contribution in [3.8, 4) is 5.69 Å².